The van der Waals surface area contributed by atoms with Gasteiger partial charge in [0.25, 0.3) is 5.91 Å². The quantitative estimate of drug-likeness (QED) is 0.364. The highest BCUT2D eigenvalue weighted by atomic mass is 35.5. The number of aliphatic hydroxyl groups is 1. The van der Waals surface area contributed by atoms with Crippen molar-refractivity contribution in [2.45, 2.75) is 30.8 Å². The Morgan fingerprint density at radius 3 is 2.42 bits per heavy atom. The van der Waals surface area contributed by atoms with Crippen LogP contribution in [0.2, 0.25) is 10.0 Å². The lowest BCUT2D eigenvalue weighted by Crippen LogP contribution is -2.43. The van der Waals surface area contributed by atoms with Crippen molar-refractivity contribution in [3.63, 3.8) is 0 Å². The maximum Gasteiger partial charge on any atom is 0.253 e. The Hall–Kier alpha value is -2.57. The number of halogens is 2. The summed E-state index contributed by atoms with van der Waals surface area (Å²) in [5.74, 6) is 0.00275. The van der Waals surface area contributed by atoms with Crippen LogP contribution in [0.15, 0.2) is 72.8 Å². The fourth-order valence-corrected chi connectivity index (χ4v) is 5.26. The van der Waals surface area contributed by atoms with Gasteiger partial charge in [-0.3, -0.25) is 4.79 Å². The van der Waals surface area contributed by atoms with Gasteiger partial charge in [0.1, 0.15) is 0 Å². The third kappa shape index (κ3) is 6.40. The second kappa shape index (κ2) is 11.7. The third-order valence-electron chi connectivity index (χ3n) is 7.18. The van der Waals surface area contributed by atoms with Crippen molar-refractivity contribution in [1.82, 2.24) is 9.80 Å². The number of anilines is 1. The average Bonchev–Trinajstić information content (AvgIpc) is 2.89. The minimum atomic E-state index is -0.773. The van der Waals surface area contributed by atoms with E-state index in [4.69, 9.17) is 28.9 Å². The number of likely N-dealkylation sites (tertiary alicyclic amines) is 1. The molecule has 4 rings (SSSR count). The molecule has 1 fully saturated rings. The van der Waals surface area contributed by atoms with Crippen LogP contribution in [0.25, 0.3) is 0 Å². The maximum atomic E-state index is 13.1. The second-order valence-corrected chi connectivity index (χ2v) is 10.5. The van der Waals surface area contributed by atoms with Gasteiger partial charge in [0, 0.05) is 43.9 Å². The standard InChI is InChI=1S/C29H33Cl2N3O2/c1-33(28(35)22-6-5-9-25(32)18-22)20-23(21-10-11-26(30)27(31)19-21)12-15-34-16-13-29(36,14-17-34)24-7-3-2-4-8-24/h2-11,18-19,23,36H,12-17,20,32H2,1H3/t23-/m0/s1. The van der Waals surface area contributed by atoms with Crippen molar-refractivity contribution in [2.24, 2.45) is 0 Å². The lowest BCUT2D eigenvalue weighted by atomic mass is 9.84. The van der Waals surface area contributed by atoms with E-state index in [1.165, 1.54) is 0 Å². The summed E-state index contributed by atoms with van der Waals surface area (Å²) in [5, 5.41) is 12.2. The number of benzene rings is 3. The lowest BCUT2D eigenvalue weighted by molar-refractivity contribution is -0.0264. The molecule has 1 amide bonds. The Morgan fingerprint density at radius 1 is 1.03 bits per heavy atom. The smallest absolute Gasteiger partial charge is 0.253 e. The van der Waals surface area contributed by atoms with Crippen LogP contribution in [-0.2, 0) is 5.60 Å². The molecule has 0 bridgehead atoms. The van der Waals surface area contributed by atoms with Crippen molar-refractivity contribution in [3.05, 3.63) is 99.5 Å². The topological polar surface area (TPSA) is 69.8 Å². The molecule has 7 heteroatoms. The minimum absolute atomic E-state index is 0.0711. The summed E-state index contributed by atoms with van der Waals surface area (Å²) in [7, 11) is 1.82. The summed E-state index contributed by atoms with van der Waals surface area (Å²) in [6.07, 6.45) is 2.24. The number of hydrogen-bond donors (Lipinski definition) is 2. The highest BCUT2D eigenvalue weighted by molar-refractivity contribution is 6.42. The Bertz CT molecular complexity index is 1180. The van der Waals surface area contributed by atoms with Crippen LogP contribution in [0, 0.1) is 0 Å². The van der Waals surface area contributed by atoms with Gasteiger partial charge >= 0.3 is 0 Å². The normalized spacial score (nSPS) is 16.4. The van der Waals surface area contributed by atoms with Crippen LogP contribution in [0.5, 0.6) is 0 Å². The van der Waals surface area contributed by atoms with Crippen LogP contribution < -0.4 is 5.73 Å². The zero-order chi connectivity index (χ0) is 25.7. The van der Waals surface area contributed by atoms with Gasteiger partial charge in [0.15, 0.2) is 0 Å². The number of nitrogen functional groups attached to an aromatic ring is 1. The molecule has 1 aliphatic heterocycles. The highest BCUT2D eigenvalue weighted by Gasteiger charge is 2.34. The molecule has 0 aromatic heterocycles. The SMILES string of the molecule is CN(C[C@H](CCN1CCC(O)(c2ccccc2)CC1)c1ccc(Cl)c(Cl)c1)C(=O)c1cccc(N)c1. The van der Waals surface area contributed by atoms with Gasteiger partial charge in [0.05, 0.1) is 15.6 Å². The monoisotopic (exact) mass is 525 g/mol. The maximum absolute atomic E-state index is 13.1. The van der Waals surface area contributed by atoms with Crippen LogP contribution >= 0.6 is 23.2 Å². The molecule has 1 saturated heterocycles. The molecule has 36 heavy (non-hydrogen) atoms. The first-order chi connectivity index (χ1) is 17.2. The first-order valence-electron chi connectivity index (χ1n) is 12.3. The Kier molecular flexibility index (Phi) is 8.58. The number of amides is 1. The largest absolute Gasteiger partial charge is 0.399 e. The molecule has 5 nitrogen and oxygen atoms in total. The van der Waals surface area contributed by atoms with Crippen molar-refractivity contribution < 1.29 is 9.90 Å². The number of carbonyl (C=O) groups is 1. The molecule has 1 aliphatic rings. The summed E-state index contributed by atoms with van der Waals surface area (Å²) in [4.78, 5) is 17.2. The van der Waals surface area contributed by atoms with E-state index in [-0.39, 0.29) is 11.8 Å². The Morgan fingerprint density at radius 2 is 1.75 bits per heavy atom. The van der Waals surface area contributed by atoms with Gasteiger partial charge < -0.3 is 20.6 Å². The van der Waals surface area contributed by atoms with Crippen LogP contribution in [-0.4, -0.2) is 54.0 Å². The molecule has 3 aromatic rings. The summed E-state index contributed by atoms with van der Waals surface area (Å²) in [6, 6.07) is 22.7. The van der Waals surface area contributed by atoms with Crippen molar-refractivity contribution in [2.75, 3.05) is 39.0 Å². The third-order valence-corrected chi connectivity index (χ3v) is 7.92. The minimum Gasteiger partial charge on any atom is -0.399 e. The van der Waals surface area contributed by atoms with Gasteiger partial charge in [-0.15, -0.1) is 0 Å². The number of nitrogens with two attached hydrogens (primary N) is 1. The molecular formula is C29H33Cl2N3O2. The summed E-state index contributed by atoms with van der Waals surface area (Å²) in [5.41, 5.74) is 8.29. The average molecular weight is 527 g/mol. The Labute approximate surface area is 223 Å². The summed E-state index contributed by atoms with van der Waals surface area (Å²) < 4.78 is 0. The molecule has 1 atom stereocenters. The fraction of sp³-hybridized carbons (Fsp3) is 0.345. The Balaban J connectivity index is 1.43. The van der Waals surface area contributed by atoms with Gasteiger partial charge in [-0.1, -0.05) is 65.7 Å². The van der Waals surface area contributed by atoms with Gasteiger partial charge in [-0.2, -0.15) is 0 Å². The zero-order valence-corrected chi connectivity index (χ0v) is 22.1. The first-order valence-corrected chi connectivity index (χ1v) is 13.1. The zero-order valence-electron chi connectivity index (χ0n) is 20.5. The lowest BCUT2D eigenvalue weighted by Gasteiger charge is -2.39. The first kappa shape index (κ1) is 26.5. The predicted octanol–water partition coefficient (Wildman–Crippen LogP) is 5.81. The number of carbonyl (C=O) groups excluding carboxylic acids is 1. The van der Waals surface area contributed by atoms with Crippen molar-refractivity contribution in [3.8, 4) is 0 Å². The van der Waals surface area contributed by atoms with E-state index in [0.717, 1.165) is 37.2 Å². The van der Waals surface area contributed by atoms with E-state index in [9.17, 15) is 9.90 Å². The van der Waals surface area contributed by atoms with E-state index < -0.39 is 5.60 Å². The summed E-state index contributed by atoms with van der Waals surface area (Å²) >= 11 is 12.5. The number of piperidine rings is 1. The fourth-order valence-electron chi connectivity index (χ4n) is 4.96. The molecule has 0 radical (unpaired) electrons. The van der Waals surface area contributed by atoms with Gasteiger partial charge in [-0.05, 0) is 67.3 Å². The van der Waals surface area contributed by atoms with E-state index in [2.05, 4.69) is 4.90 Å². The molecule has 190 valence electrons. The van der Waals surface area contributed by atoms with Crippen LogP contribution in [0.1, 0.15) is 46.7 Å². The number of nitrogens with zero attached hydrogens (tertiary/aromatic N) is 2. The number of hydrogen-bond acceptors (Lipinski definition) is 4. The highest BCUT2D eigenvalue weighted by Crippen LogP contribution is 2.34. The van der Waals surface area contributed by atoms with E-state index >= 15 is 0 Å². The molecule has 3 aromatic carbocycles. The van der Waals surface area contributed by atoms with E-state index in [0.29, 0.717) is 40.7 Å². The second-order valence-electron chi connectivity index (χ2n) is 9.71. The van der Waals surface area contributed by atoms with Gasteiger partial charge in [-0.25, -0.2) is 0 Å². The molecule has 0 saturated carbocycles. The molecule has 0 spiro atoms. The molecular weight excluding hydrogens is 493 g/mol. The van der Waals surface area contributed by atoms with E-state index in [1.807, 2.05) is 55.6 Å². The van der Waals surface area contributed by atoms with Crippen molar-refractivity contribution >= 4 is 34.8 Å². The van der Waals surface area contributed by atoms with Crippen molar-refractivity contribution in [1.29, 1.82) is 0 Å². The molecule has 1 heterocycles. The summed E-state index contributed by atoms with van der Waals surface area (Å²) in [6.45, 7) is 3.03. The number of rotatable bonds is 8. The predicted molar refractivity (Wildman–Crippen MR) is 148 cm³/mol. The van der Waals surface area contributed by atoms with Gasteiger partial charge in [0.2, 0.25) is 0 Å². The van der Waals surface area contributed by atoms with E-state index in [1.54, 1.807) is 29.2 Å². The molecule has 3 N–H and O–H groups in total. The number of likely N-dealkylation sites (N-methyl/N-ethyl adjacent to an activating group) is 1. The van der Waals surface area contributed by atoms with Crippen LogP contribution in [0.4, 0.5) is 5.69 Å². The van der Waals surface area contributed by atoms with Crippen LogP contribution in [0.3, 0.4) is 0 Å². The molecule has 0 aliphatic carbocycles. The molecule has 0 unspecified atom stereocenters.